The second-order valence-corrected chi connectivity index (χ2v) is 5.48. The summed E-state index contributed by atoms with van der Waals surface area (Å²) < 4.78 is 18.5. The van der Waals surface area contributed by atoms with Crippen molar-refractivity contribution in [1.29, 1.82) is 0 Å². The maximum Gasteiger partial charge on any atom is 0.227 e. The van der Waals surface area contributed by atoms with Crippen molar-refractivity contribution in [3.8, 4) is 5.75 Å². The van der Waals surface area contributed by atoms with Gasteiger partial charge in [-0.3, -0.25) is 4.79 Å². The van der Waals surface area contributed by atoms with Crippen LogP contribution in [0.3, 0.4) is 0 Å². The van der Waals surface area contributed by atoms with Crippen molar-refractivity contribution in [1.82, 2.24) is 5.32 Å². The van der Waals surface area contributed by atoms with Crippen molar-refractivity contribution in [3.63, 3.8) is 0 Å². The van der Waals surface area contributed by atoms with Crippen molar-refractivity contribution in [2.45, 2.75) is 25.3 Å². The number of rotatable bonds is 4. The van der Waals surface area contributed by atoms with E-state index in [1.54, 1.807) is 12.1 Å². The van der Waals surface area contributed by atoms with E-state index < -0.39 is 5.82 Å². The number of benzene rings is 2. The third-order valence-electron chi connectivity index (χ3n) is 4.13. The quantitative estimate of drug-likeness (QED) is 0.941. The van der Waals surface area contributed by atoms with Crippen LogP contribution in [-0.2, 0) is 17.8 Å². The van der Waals surface area contributed by atoms with Crippen LogP contribution >= 0.6 is 0 Å². The largest absolute Gasteiger partial charge is 0.494 e. The molecular formula is C18H18FNO2. The highest BCUT2D eigenvalue weighted by molar-refractivity contribution is 5.84. The number of carbonyl (C=O) groups is 1. The molecule has 1 N–H and O–H groups in total. The van der Waals surface area contributed by atoms with Crippen LogP contribution in [0.1, 0.15) is 29.0 Å². The molecule has 1 atom stereocenters. The summed E-state index contributed by atoms with van der Waals surface area (Å²) in [5.41, 5.74) is 3.08. The van der Waals surface area contributed by atoms with E-state index in [2.05, 4.69) is 11.4 Å². The highest BCUT2D eigenvalue weighted by Crippen LogP contribution is 2.32. The van der Waals surface area contributed by atoms with Crippen LogP contribution < -0.4 is 10.1 Å². The standard InChI is InChI=1S/C18H18FNO2/c1-22-17-9-6-12(10-16(17)19)11-20-18(21)15-8-7-13-4-2-3-5-14(13)15/h2-6,9-10,15H,7-8,11H2,1H3,(H,20,21). The lowest BCUT2D eigenvalue weighted by atomic mass is 10.0. The minimum atomic E-state index is -0.416. The van der Waals surface area contributed by atoms with Crippen molar-refractivity contribution < 1.29 is 13.9 Å². The minimum absolute atomic E-state index is 0.00109. The number of amides is 1. The van der Waals surface area contributed by atoms with Gasteiger partial charge in [-0.05, 0) is 41.7 Å². The Kier molecular flexibility index (Phi) is 4.09. The molecule has 3 rings (SSSR count). The van der Waals surface area contributed by atoms with Gasteiger partial charge in [0.05, 0.1) is 13.0 Å². The van der Waals surface area contributed by atoms with Gasteiger partial charge in [-0.2, -0.15) is 0 Å². The number of carbonyl (C=O) groups excluding carboxylic acids is 1. The Hall–Kier alpha value is -2.36. The number of fused-ring (bicyclic) bond motifs is 1. The Balaban J connectivity index is 1.65. The molecule has 22 heavy (non-hydrogen) atoms. The Morgan fingerprint density at radius 1 is 1.32 bits per heavy atom. The molecule has 0 radical (unpaired) electrons. The molecule has 3 nitrogen and oxygen atoms in total. The van der Waals surface area contributed by atoms with Gasteiger partial charge in [0.15, 0.2) is 11.6 Å². The van der Waals surface area contributed by atoms with Crippen LogP contribution in [0.25, 0.3) is 0 Å². The number of ether oxygens (including phenoxy) is 1. The van der Waals surface area contributed by atoms with E-state index >= 15 is 0 Å². The average Bonchev–Trinajstić information content (AvgIpc) is 2.97. The summed E-state index contributed by atoms with van der Waals surface area (Å²) in [6, 6.07) is 12.8. The monoisotopic (exact) mass is 299 g/mol. The third kappa shape index (κ3) is 2.82. The van der Waals surface area contributed by atoms with E-state index in [-0.39, 0.29) is 17.6 Å². The third-order valence-corrected chi connectivity index (χ3v) is 4.13. The van der Waals surface area contributed by atoms with E-state index in [9.17, 15) is 9.18 Å². The molecule has 2 aromatic carbocycles. The van der Waals surface area contributed by atoms with Crippen LogP contribution in [0.15, 0.2) is 42.5 Å². The van der Waals surface area contributed by atoms with Gasteiger partial charge in [0, 0.05) is 6.54 Å². The Morgan fingerprint density at radius 2 is 2.14 bits per heavy atom. The van der Waals surface area contributed by atoms with Crippen LogP contribution in [-0.4, -0.2) is 13.0 Å². The van der Waals surface area contributed by atoms with Crippen molar-refractivity contribution in [3.05, 3.63) is 65.0 Å². The van der Waals surface area contributed by atoms with Crippen molar-refractivity contribution >= 4 is 5.91 Å². The van der Waals surface area contributed by atoms with E-state index in [0.29, 0.717) is 6.54 Å². The van der Waals surface area contributed by atoms with Gasteiger partial charge in [-0.25, -0.2) is 4.39 Å². The number of nitrogens with one attached hydrogen (secondary N) is 1. The van der Waals surface area contributed by atoms with Gasteiger partial charge in [0.1, 0.15) is 0 Å². The van der Waals surface area contributed by atoms with E-state index in [4.69, 9.17) is 4.74 Å². The molecule has 1 unspecified atom stereocenters. The number of hydrogen-bond donors (Lipinski definition) is 1. The molecule has 2 aromatic rings. The number of halogens is 1. The summed E-state index contributed by atoms with van der Waals surface area (Å²) in [7, 11) is 1.43. The predicted octanol–water partition coefficient (Wildman–Crippen LogP) is 3.18. The molecule has 0 saturated heterocycles. The normalized spacial score (nSPS) is 16.2. The van der Waals surface area contributed by atoms with Gasteiger partial charge in [-0.15, -0.1) is 0 Å². The molecule has 0 aromatic heterocycles. The first kappa shape index (κ1) is 14.6. The lowest BCUT2D eigenvalue weighted by Crippen LogP contribution is -2.27. The molecular weight excluding hydrogens is 281 g/mol. The first-order valence-corrected chi connectivity index (χ1v) is 7.37. The van der Waals surface area contributed by atoms with Gasteiger partial charge in [0.25, 0.3) is 0 Å². The molecule has 1 aliphatic carbocycles. The molecule has 0 aliphatic heterocycles. The predicted molar refractivity (Wildman–Crippen MR) is 82.3 cm³/mol. The minimum Gasteiger partial charge on any atom is -0.494 e. The molecule has 1 aliphatic rings. The summed E-state index contributed by atoms with van der Waals surface area (Å²) in [4.78, 5) is 12.4. The second kappa shape index (κ2) is 6.18. The summed E-state index contributed by atoms with van der Waals surface area (Å²) in [6.07, 6.45) is 1.77. The SMILES string of the molecule is COc1ccc(CNC(=O)C2CCc3ccccc32)cc1F. The van der Waals surface area contributed by atoms with Crippen LogP contribution in [0.2, 0.25) is 0 Å². The van der Waals surface area contributed by atoms with Gasteiger partial charge in [-0.1, -0.05) is 30.3 Å². The summed E-state index contributed by atoms with van der Waals surface area (Å²) >= 11 is 0. The van der Waals surface area contributed by atoms with Crippen LogP contribution in [0, 0.1) is 5.82 Å². The zero-order valence-corrected chi connectivity index (χ0v) is 12.4. The van der Waals surface area contributed by atoms with E-state index in [1.807, 2.05) is 18.2 Å². The smallest absolute Gasteiger partial charge is 0.227 e. The maximum atomic E-state index is 13.6. The molecule has 0 heterocycles. The summed E-state index contributed by atoms with van der Waals surface area (Å²) in [6.45, 7) is 0.318. The fraction of sp³-hybridized carbons (Fsp3) is 0.278. The Bertz CT molecular complexity index is 699. The van der Waals surface area contributed by atoms with Crippen molar-refractivity contribution in [2.24, 2.45) is 0 Å². The highest BCUT2D eigenvalue weighted by atomic mass is 19.1. The van der Waals surface area contributed by atoms with Crippen molar-refractivity contribution in [2.75, 3.05) is 7.11 Å². The van der Waals surface area contributed by atoms with E-state index in [0.717, 1.165) is 24.0 Å². The molecule has 0 bridgehead atoms. The molecule has 4 heteroatoms. The van der Waals surface area contributed by atoms with Gasteiger partial charge in [0.2, 0.25) is 5.91 Å². The molecule has 0 saturated carbocycles. The average molecular weight is 299 g/mol. The number of methoxy groups -OCH3 is 1. The zero-order chi connectivity index (χ0) is 15.5. The first-order chi connectivity index (χ1) is 10.7. The zero-order valence-electron chi connectivity index (χ0n) is 12.4. The fourth-order valence-electron chi connectivity index (χ4n) is 2.96. The number of aryl methyl sites for hydroxylation is 1. The highest BCUT2D eigenvalue weighted by Gasteiger charge is 2.27. The fourth-order valence-corrected chi connectivity index (χ4v) is 2.96. The maximum absolute atomic E-state index is 13.6. The summed E-state index contributed by atoms with van der Waals surface area (Å²) in [5, 5.41) is 2.90. The second-order valence-electron chi connectivity index (χ2n) is 5.48. The van der Waals surface area contributed by atoms with Gasteiger partial charge >= 0.3 is 0 Å². The Morgan fingerprint density at radius 3 is 2.91 bits per heavy atom. The molecule has 114 valence electrons. The van der Waals surface area contributed by atoms with Crippen LogP contribution in [0.5, 0.6) is 5.75 Å². The lowest BCUT2D eigenvalue weighted by molar-refractivity contribution is -0.122. The molecule has 0 spiro atoms. The van der Waals surface area contributed by atoms with Crippen LogP contribution in [0.4, 0.5) is 4.39 Å². The Labute approximate surface area is 129 Å². The summed E-state index contributed by atoms with van der Waals surface area (Å²) in [5.74, 6) is -0.305. The number of hydrogen-bond acceptors (Lipinski definition) is 2. The topological polar surface area (TPSA) is 38.3 Å². The molecule has 0 fully saturated rings. The van der Waals surface area contributed by atoms with E-state index in [1.165, 1.54) is 18.7 Å². The molecule has 1 amide bonds. The lowest BCUT2D eigenvalue weighted by Gasteiger charge is -2.13. The first-order valence-electron chi connectivity index (χ1n) is 7.37. The van der Waals surface area contributed by atoms with Gasteiger partial charge < -0.3 is 10.1 Å².